The molecule has 2 aliphatic rings. The summed E-state index contributed by atoms with van der Waals surface area (Å²) in [6.45, 7) is 2.59. The quantitative estimate of drug-likeness (QED) is 0.845. The highest BCUT2D eigenvalue weighted by Gasteiger charge is 2.41. The van der Waals surface area contributed by atoms with Crippen molar-refractivity contribution in [3.8, 4) is 0 Å². The van der Waals surface area contributed by atoms with Crippen molar-refractivity contribution < 1.29 is 14.4 Å². The van der Waals surface area contributed by atoms with Crippen molar-refractivity contribution in [3.63, 3.8) is 0 Å². The fourth-order valence-electron chi connectivity index (χ4n) is 3.96. The number of piperazine rings is 1. The number of carbonyl (C=O) groups excluding carboxylic acids is 3. The van der Waals surface area contributed by atoms with Crippen LogP contribution in [0.15, 0.2) is 30.5 Å². The highest BCUT2D eigenvalue weighted by molar-refractivity contribution is 6.07. The van der Waals surface area contributed by atoms with Gasteiger partial charge in [-0.15, -0.1) is 0 Å². The van der Waals surface area contributed by atoms with Gasteiger partial charge in [-0.1, -0.05) is 6.07 Å². The molecule has 0 spiro atoms. The normalized spacial score (nSPS) is 23.0. The monoisotopic (exact) mass is 340 g/mol. The fraction of sp³-hybridized carbons (Fsp3) is 0.389. The van der Waals surface area contributed by atoms with Crippen LogP contribution in [0.25, 0.3) is 10.9 Å². The molecule has 7 nitrogen and oxygen atoms in total. The van der Waals surface area contributed by atoms with E-state index in [0.29, 0.717) is 25.1 Å². The molecule has 2 fully saturated rings. The van der Waals surface area contributed by atoms with Crippen molar-refractivity contribution >= 4 is 28.6 Å². The van der Waals surface area contributed by atoms with E-state index < -0.39 is 0 Å². The molecule has 1 aromatic heterocycles. The number of carbonyl (C=O) groups is 3. The van der Waals surface area contributed by atoms with E-state index in [2.05, 4.69) is 10.3 Å². The Morgan fingerprint density at radius 1 is 1.24 bits per heavy atom. The van der Waals surface area contributed by atoms with Gasteiger partial charge >= 0.3 is 0 Å². The number of hydrogen-bond acceptors (Lipinski definition) is 3. The molecule has 0 unspecified atom stereocenters. The van der Waals surface area contributed by atoms with Crippen molar-refractivity contribution in [2.24, 2.45) is 0 Å². The first-order chi connectivity index (χ1) is 12.0. The number of aromatic amines is 1. The molecule has 130 valence electrons. The Balaban J connectivity index is 1.55. The van der Waals surface area contributed by atoms with E-state index in [1.54, 1.807) is 22.1 Å². The van der Waals surface area contributed by atoms with Crippen LogP contribution in [-0.4, -0.2) is 64.2 Å². The summed E-state index contributed by atoms with van der Waals surface area (Å²) in [5, 5.41) is 3.74. The van der Waals surface area contributed by atoms with Gasteiger partial charge in [0, 0.05) is 48.7 Å². The first kappa shape index (κ1) is 15.7. The molecule has 2 saturated heterocycles. The van der Waals surface area contributed by atoms with Crippen molar-refractivity contribution in [3.05, 3.63) is 36.0 Å². The van der Waals surface area contributed by atoms with Crippen LogP contribution in [-0.2, 0) is 9.59 Å². The van der Waals surface area contributed by atoms with Crippen LogP contribution >= 0.6 is 0 Å². The fourth-order valence-corrected chi connectivity index (χ4v) is 3.96. The third-order valence-corrected chi connectivity index (χ3v) is 5.01. The maximum Gasteiger partial charge on any atom is 0.255 e. The summed E-state index contributed by atoms with van der Waals surface area (Å²) >= 11 is 0. The molecule has 3 heterocycles. The zero-order valence-electron chi connectivity index (χ0n) is 14.0. The zero-order chi connectivity index (χ0) is 17.6. The molecule has 4 rings (SSSR count). The van der Waals surface area contributed by atoms with Gasteiger partial charge in [0.15, 0.2) is 0 Å². The second-order valence-electron chi connectivity index (χ2n) is 6.76. The van der Waals surface area contributed by atoms with E-state index >= 15 is 0 Å². The van der Waals surface area contributed by atoms with Gasteiger partial charge in [-0.2, -0.15) is 0 Å². The number of nitrogens with zero attached hydrogens (tertiary/aromatic N) is 2. The van der Waals surface area contributed by atoms with Crippen LogP contribution in [0.2, 0.25) is 0 Å². The van der Waals surface area contributed by atoms with Crippen molar-refractivity contribution in [1.29, 1.82) is 0 Å². The molecule has 2 aliphatic heterocycles. The van der Waals surface area contributed by atoms with Crippen LogP contribution in [0, 0.1) is 0 Å². The summed E-state index contributed by atoms with van der Waals surface area (Å²) < 4.78 is 0. The first-order valence-electron chi connectivity index (χ1n) is 8.45. The largest absolute Gasteiger partial charge is 0.361 e. The Morgan fingerprint density at radius 3 is 2.88 bits per heavy atom. The molecule has 0 saturated carbocycles. The van der Waals surface area contributed by atoms with E-state index in [0.717, 1.165) is 10.9 Å². The molecule has 0 aliphatic carbocycles. The van der Waals surface area contributed by atoms with E-state index in [1.165, 1.54) is 6.92 Å². The standard InChI is InChI=1S/C18H20N4O3/c1-11(23)20-12-7-13-9-21(10-17(24)22(13)8-12)18(25)15-3-2-4-16-14(15)5-6-19-16/h2-6,12-13,19H,7-10H2,1H3,(H,20,23)/t12-,13-/m0/s1. The van der Waals surface area contributed by atoms with Crippen LogP contribution in [0.4, 0.5) is 0 Å². The second kappa shape index (κ2) is 5.91. The second-order valence-corrected chi connectivity index (χ2v) is 6.76. The Hall–Kier alpha value is -2.83. The van der Waals surface area contributed by atoms with Crippen LogP contribution in [0.1, 0.15) is 23.7 Å². The molecule has 2 aromatic rings. The zero-order valence-corrected chi connectivity index (χ0v) is 14.0. The van der Waals surface area contributed by atoms with Gasteiger partial charge in [-0.05, 0) is 24.6 Å². The lowest BCUT2D eigenvalue weighted by atomic mass is 10.1. The molecule has 0 bridgehead atoms. The minimum Gasteiger partial charge on any atom is -0.361 e. The van der Waals surface area contributed by atoms with Crippen molar-refractivity contribution in [2.75, 3.05) is 19.6 Å². The number of H-pyrrole nitrogens is 1. The molecule has 25 heavy (non-hydrogen) atoms. The van der Waals surface area contributed by atoms with Crippen LogP contribution < -0.4 is 5.32 Å². The third kappa shape index (κ3) is 2.75. The van der Waals surface area contributed by atoms with Crippen LogP contribution in [0.5, 0.6) is 0 Å². The van der Waals surface area contributed by atoms with Gasteiger partial charge in [0.1, 0.15) is 6.54 Å². The molecule has 1 aromatic carbocycles. The number of benzene rings is 1. The first-order valence-corrected chi connectivity index (χ1v) is 8.45. The minimum absolute atomic E-state index is 0.0328. The number of rotatable bonds is 2. The molecule has 0 radical (unpaired) electrons. The van der Waals surface area contributed by atoms with Gasteiger partial charge < -0.3 is 20.1 Å². The van der Waals surface area contributed by atoms with Gasteiger partial charge in [-0.25, -0.2) is 0 Å². The van der Waals surface area contributed by atoms with Crippen molar-refractivity contribution in [2.45, 2.75) is 25.4 Å². The highest BCUT2D eigenvalue weighted by Crippen LogP contribution is 2.26. The number of hydrogen-bond donors (Lipinski definition) is 2. The third-order valence-electron chi connectivity index (χ3n) is 5.01. The maximum absolute atomic E-state index is 13.0. The lowest BCUT2D eigenvalue weighted by Gasteiger charge is -2.37. The Bertz CT molecular complexity index is 859. The van der Waals surface area contributed by atoms with Gasteiger partial charge in [0.05, 0.1) is 6.04 Å². The minimum atomic E-state index is -0.124. The molecular weight excluding hydrogens is 320 g/mol. The van der Waals surface area contributed by atoms with E-state index in [4.69, 9.17) is 0 Å². The summed E-state index contributed by atoms with van der Waals surface area (Å²) in [6, 6.07) is 7.37. The lowest BCUT2D eigenvalue weighted by Crippen LogP contribution is -2.55. The Kier molecular flexibility index (Phi) is 3.71. The summed E-state index contributed by atoms with van der Waals surface area (Å²) in [5.41, 5.74) is 1.51. The summed E-state index contributed by atoms with van der Waals surface area (Å²) in [5.74, 6) is -0.274. The lowest BCUT2D eigenvalue weighted by molar-refractivity contribution is -0.136. The molecule has 2 N–H and O–H groups in total. The highest BCUT2D eigenvalue weighted by atomic mass is 16.2. The summed E-state index contributed by atoms with van der Waals surface area (Å²) in [4.78, 5) is 43.2. The SMILES string of the molecule is CC(=O)N[C@H]1C[C@H]2CN(C(=O)c3cccc4[nH]ccc34)CC(=O)N2C1. The Morgan fingerprint density at radius 2 is 2.08 bits per heavy atom. The van der Waals surface area contributed by atoms with E-state index in [-0.39, 0.29) is 36.3 Å². The predicted molar refractivity (Wildman–Crippen MR) is 91.9 cm³/mol. The molecule has 3 amide bonds. The van der Waals surface area contributed by atoms with Gasteiger partial charge in [0.2, 0.25) is 11.8 Å². The average Bonchev–Trinajstić information content (AvgIpc) is 3.19. The van der Waals surface area contributed by atoms with E-state index in [1.807, 2.05) is 18.2 Å². The predicted octanol–water partition coefficient (Wildman–Crippen LogP) is 0.729. The van der Waals surface area contributed by atoms with Gasteiger partial charge in [0.25, 0.3) is 5.91 Å². The summed E-state index contributed by atoms with van der Waals surface area (Å²) in [6.07, 6.45) is 2.49. The Labute approximate surface area is 145 Å². The van der Waals surface area contributed by atoms with Gasteiger partial charge in [-0.3, -0.25) is 14.4 Å². The smallest absolute Gasteiger partial charge is 0.255 e. The van der Waals surface area contributed by atoms with E-state index in [9.17, 15) is 14.4 Å². The van der Waals surface area contributed by atoms with Crippen LogP contribution in [0.3, 0.4) is 0 Å². The molecular formula is C18H20N4O3. The molecule has 7 heteroatoms. The topological polar surface area (TPSA) is 85.5 Å². The number of amides is 3. The average molecular weight is 340 g/mol. The van der Waals surface area contributed by atoms with Crippen molar-refractivity contribution in [1.82, 2.24) is 20.1 Å². The molecule has 2 atom stereocenters. The summed E-state index contributed by atoms with van der Waals surface area (Å²) in [7, 11) is 0. The number of fused-ring (bicyclic) bond motifs is 2. The number of aromatic nitrogens is 1. The maximum atomic E-state index is 13.0. The number of nitrogens with one attached hydrogen (secondary N) is 2.